The molecule has 0 saturated carbocycles. The lowest BCUT2D eigenvalue weighted by molar-refractivity contribution is 0.518. The van der Waals surface area contributed by atoms with Crippen molar-refractivity contribution >= 4 is 5.82 Å². The van der Waals surface area contributed by atoms with Crippen LogP contribution in [0, 0.1) is 5.92 Å². The molecule has 0 aromatic carbocycles. The number of pyridine rings is 1. The molecule has 0 aliphatic heterocycles. The van der Waals surface area contributed by atoms with Crippen molar-refractivity contribution in [2.75, 3.05) is 11.9 Å². The maximum Gasteiger partial charge on any atom is 0.251 e. The van der Waals surface area contributed by atoms with Crippen LogP contribution in [0.25, 0.3) is 11.4 Å². The Bertz CT molecular complexity index is 644. The summed E-state index contributed by atoms with van der Waals surface area (Å²) in [5.74, 6) is 2.09. The van der Waals surface area contributed by atoms with E-state index in [1.165, 1.54) is 6.07 Å². The third-order valence-corrected chi connectivity index (χ3v) is 3.92. The summed E-state index contributed by atoms with van der Waals surface area (Å²) < 4.78 is 0. The number of nitrogens with one attached hydrogen (secondary N) is 2. The number of aryl methyl sites for hydroxylation is 1. The molecule has 0 bridgehead atoms. The lowest BCUT2D eigenvalue weighted by Crippen LogP contribution is -2.13. The molecule has 0 unspecified atom stereocenters. The van der Waals surface area contributed by atoms with E-state index in [0.717, 1.165) is 42.9 Å². The van der Waals surface area contributed by atoms with Crippen molar-refractivity contribution in [1.29, 1.82) is 0 Å². The van der Waals surface area contributed by atoms with Crippen molar-refractivity contribution in [3.63, 3.8) is 0 Å². The molecule has 2 aromatic heterocycles. The van der Waals surface area contributed by atoms with E-state index in [0.29, 0.717) is 11.7 Å². The first-order valence-electron chi connectivity index (χ1n) is 7.96. The first-order valence-corrected chi connectivity index (χ1v) is 7.96. The molecule has 2 N–H and O–H groups in total. The first-order chi connectivity index (χ1) is 10.7. The zero-order valence-corrected chi connectivity index (χ0v) is 13.5. The van der Waals surface area contributed by atoms with Gasteiger partial charge in [0.15, 0.2) is 0 Å². The van der Waals surface area contributed by atoms with Crippen LogP contribution < -0.4 is 10.9 Å². The van der Waals surface area contributed by atoms with E-state index in [4.69, 9.17) is 0 Å². The smallest absolute Gasteiger partial charge is 0.251 e. The third kappa shape index (κ3) is 4.16. The second kappa shape index (κ2) is 7.73. The van der Waals surface area contributed by atoms with Gasteiger partial charge in [-0.2, -0.15) is 0 Å². The molecular weight excluding hydrogens is 276 g/mol. The summed E-state index contributed by atoms with van der Waals surface area (Å²) >= 11 is 0. The fourth-order valence-electron chi connectivity index (χ4n) is 2.29. The van der Waals surface area contributed by atoms with Crippen LogP contribution in [0.5, 0.6) is 0 Å². The van der Waals surface area contributed by atoms with Gasteiger partial charge in [0.1, 0.15) is 11.6 Å². The van der Waals surface area contributed by atoms with E-state index < -0.39 is 0 Å². The Labute approximate surface area is 131 Å². The highest BCUT2D eigenvalue weighted by atomic mass is 16.1. The maximum atomic E-state index is 11.6. The maximum absolute atomic E-state index is 11.6. The number of hydrogen-bond donors (Lipinski definition) is 2. The van der Waals surface area contributed by atoms with Crippen LogP contribution in [0.3, 0.4) is 0 Å². The zero-order chi connectivity index (χ0) is 15.9. The van der Waals surface area contributed by atoms with Gasteiger partial charge < -0.3 is 10.3 Å². The molecule has 0 atom stereocenters. The van der Waals surface area contributed by atoms with Crippen LogP contribution >= 0.6 is 0 Å². The number of H-pyrrole nitrogens is 1. The molecule has 0 amide bonds. The normalized spacial score (nSPS) is 10.9. The van der Waals surface area contributed by atoms with Crippen LogP contribution in [0.4, 0.5) is 5.82 Å². The van der Waals surface area contributed by atoms with Gasteiger partial charge in [0.05, 0.1) is 0 Å². The minimum absolute atomic E-state index is 0.127. The van der Waals surface area contributed by atoms with Gasteiger partial charge in [0.2, 0.25) is 0 Å². The molecule has 118 valence electrons. The van der Waals surface area contributed by atoms with Gasteiger partial charge in [-0.05, 0) is 24.5 Å². The Hall–Kier alpha value is -2.17. The first kappa shape index (κ1) is 16.2. The highest BCUT2D eigenvalue weighted by Crippen LogP contribution is 2.16. The average Bonchev–Trinajstić information content (AvgIpc) is 2.55. The van der Waals surface area contributed by atoms with Crippen molar-refractivity contribution in [2.45, 2.75) is 40.0 Å². The molecular formula is C17H24N4O. The molecule has 0 spiro atoms. The van der Waals surface area contributed by atoms with Gasteiger partial charge in [-0.15, -0.1) is 0 Å². The van der Waals surface area contributed by atoms with Gasteiger partial charge in [-0.1, -0.05) is 33.6 Å². The quantitative estimate of drug-likeness (QED) is 0.823. The average molecular weight is 300 g/mol. The fraction of sp³-hybridized carbons (Fsp3) is 0.471. The van der Waals surface area contributed by atoms with Gasteiger partial charge in [-0.3, -0.25) is 4.79 Å². The van der Waals surface area contributed by atoms with E-state index in [9.17, 15) is 4.79 Å². The second-order valence-corrected chi connectivity index (χ2v) is 5.43. The Morgan fingerprint density at radius 2 is 2.00 bits per heavy atom. The van der Waals surface area contributed by atoms with Gasteiger partial charge in [-0.25, -0.2) is 9.97 Å². The minimum atomic E-state index is -0.127. The fourth-order valence-corrected chi connectivity index (χ4v) is 2.29. The minimum Gasteiger partial charge on any atom is -0.370 e. The Morgan fingerprint density at radius 3 is 2.59 bits per heavy atom. The topological polar surface area (TPSA) is 70.7 Å². The summed E-state index contributed by atoms with van der Waals surface area (Å²) in [7, 11) is 0. The van der Waals surface area contributed by atoms with Gasteiger partial charge in [0.25, 0.3) is 5.56 Å². The van der Waals surface area contributed by atoms with E-state index >= 15 is 0 Å². The van der Waals surface area contributed by atoms with Gasteiger partial charge in [0, 0.05) is 30.1 Å². The summed E-state index contributed by atoms with van der Waals surface area (Å²) in [5.41, 5.74) is 1.48. The molecule has 0 aliphatic rings. The number of anilines is 1. The lowest BCUT2D eigenvalue weighted by atomic mass is 10.0. The Balaban J connectivity index is 2.12. The molecule has 0 fully saturated rings. The predicted octanol–water partition coefficient (Wildman–Crippen LogP) is 3.24. The van der Waals surface area contributed by atoms with Crippen LogP contribution in [0.2, 0.25) is 0 Å². The monoisotopic (exact) mass is 300 g/mol. The largest absolute Gasteiger partial charge is 0.370 e. The highest BCUT2D eigenvalue weighted by molar-refractivity contribution is 5.55. The van der Waals surface area contributed by atoms with Crippen molar-refractivity contribution in [3.05, 3.63) is 40.4 Å². The summed E-state index contributed by atoms with van der Waals surface area (Å²) in [6.07, 6.45) is 4.81. The van der Waals surface area contributed by atoms with Crippen molar-refractivity contribution in [2.24, 2.45) is 5.92 Å². The number of rotatable bonds is 7. The molecule has 0 saturated heterocycles. The molecule has 0 aliphatic carbocycles. The number of aromatic amines is 1. The molecule has 5 heteroatoms. The van der Waals surface area contributed by atoms with Gasteiger partial charge >= 0.3 is 0 Å². The van der Waals surface area contributed by atoms with E-state index in [1.54, 1.807) is 6.20 Å². The molecule has 2 heterocycles. The second-order valence-electron chi connectivity index (χ2n) is 5.43. The van der Waals surface area contributed by atoms with Crippen LogP contribution in [-0.4, -0.2) is 21.5 Å². The van der Waals surface area contributed by atoms with E-state index in [2.05, 4.69) is 34.1 Å². The lowest BCUT2D eigenvalue weighted by Gasteiger charge is -2.13. The van der Waals surface area contributed by atoms with E-state index in [-0.39, 0.29) is 5.56 Å². The number of aromatic nitrogens is 3. The van der Waals surface area contributed by atoms with Crippen molar-refractivity contribution in [3.8, 4) is 11.4 Å². The summed E-state index contributed by atoms with van der Waals surface area (Å²) in [5, 5.41) is 3.36. The molecule has 2 aromatic rings. The summed E-state index contributed by atoms with van der Waals surface area (Å²) in [6.45, 7) is 7.32. The molecule has 2 rings (SSSR count). The standard InChI is InChI=1S/C17H24N4O/c1-4-12(5-2)10-18-15-8-7-13(11-19-15)17-20-14(6-3)9-16(22)21-17/h7-9,11-12H,4-6,10H2,1-3H3,(H,18,19)(H,20,21,22). The Kier molecular flexibility index (Phi) is 5.69. The Morgan fingerprint density at radius 1 is 1.23 bits per heavy atom. The summed E-state index contributed by atoms with van der Waals surface area (Å²) in [4.78, 5) is 23.2. The van der Waals surface area contributed by atoms with Crippen LogP contribution in [0.15, 0.2) is 29.2 Å². The van der Waals surface area contributed by atoms with E-state index in [1.807, 2.05) is 19.1 Å². The number of nitrogens with zero attached hydrogens (tertiary/aromatic N) is 2. The summed E-state index contributed by atoms with van der Waals surface area (Å²) in [6, 6.07) is 5.39. The highest BCUT2D eigenvalue weighted by Gasteiger charge is 2.06. The molecule has 5 nitrogen and oxygen atoms in total. The number of hydrogen-bond acceptors (Lipinski definition) is 4. The predicted molar refractivity (Wildman–Crippen MR) is 90.0 cm³/mol. The third-order valence-electron chi connectivity index (χ3n) is 3.92. The molecule has 22 heavy (non-hydrogen) atoms. The SMILES string of the molecule is CCc1cc(=O)[nH]c(-c2ccc(NCC(CC)CC)nc2)n1. The molecule has 0 radical (unpaired) electrons. The van der Waals surface area contributed by atoms with Crippen LogP contribution in [0.1, 0.15) is 39.3 Å². The van der Waals surface area contributed by atoms with Crippen molar-refractivity contribution in [1.82, 2.24) is 15.0 Å². The zero-order valence-electron chi connectivity index (χ0n) is 13.5. The van der Waals surface area contributed by atoms with Crippen molar-refractivity contribution < 1.29 is 0 Å². The van der Waals surface area contributed by atoms with Crippen LogP contribution in [-0.2, 0) is 6.42 Å².